The van der Waals surface area contributed by atoms with E-state index in [-0.39, 0.29) is 5.75 Å². The van der Waals surface area contributed by atoms with E-state index in [1.165, 1.54) is 0 Å². The fourth-order valence-corrected chi connectivity index (χ4v) is 2.95. The van der Waals surface area contributed by atoms with Crippen molar-refractivity contribution in [1.82, 2.24) is 4.57 Å². The Hall–Kier alpha value is -2.13. The van der Waals surface area contributed by atoms with Gasteiger partial charge in [0, 0.05) is 16.5 Å². The first kappa shape index (κ1) is 14.8. The number of para-hydroxylation sites is 2. The minimum Gasteiger partial charge on any atom is -0.504 e. The van der Waals surface area contributed by atoms with Gasteiger partial charge in [0.2, 0.25) is 0 Å². The maximum atomic E-state index is 9.80. The normalized spacial score (nSPS) is 11.3. The number of fused-ring (bicyclic) bond motifs is 1. The number of hydrogen-bond donors (Lipinski definition) is 1. The van der Waals surface area contributed by atoms with Gasteiger partial charge in [-0.25, -0.2) is 0 Å². The highest BCUT2D eigenvalue weighted by atomic mass is 35.5. The SMILES string of the molecule is CC(C)n1c(COc2ccccc2O)cc2c(Cl)cccc21. The summed E-state index contributed by atoms with van der Waals surface area (Å²) in [4.78, 5) is 0. The van der Waals surface area contributed by atoms with Gasteiger partial charge in [0.25, 0.3) is 0 Å². The Bertz CT molecular complexity index is 808. The number of aromatic hydroxyl groups is 1. The molecule has 0 aliphatic heterocycles. The lowest BCUT2D eigenvalue weighted by atomic mass is 10.2. The van der Waals surface area contributed by atoms with Gasteiger partial charge in [0.05, 0.1) is 11.2 Å². The summed E-state index contributed by atoms with van der Waals surface area (Å²) in [5.41, 5.74) is 2.12. The molecule has 1 N–H and O–H groups in total. The molecule has 3 rings (SSSR count). The minimum absolute atomic E-state index is 0.146. The molecule has 0 spiro atoms. The summed E-state index contributed by atoms with van der Waals surface area (Å²) >= 11 is 6.30. The third-order valence-corrected chi connectivity index (χ3v) is 4.00. The number of nitrogens with zero attached hydrogens (tertiary/aromatic N) is 1. The number of hydrogen-bond acceptors (Lipinski definition) is 2. The van der Waals surface area contributed by atoms with E-state index in [2.05, 4.69) is 30.5 Å². The number of aromatic nitrogens is 1. The van der Waals surface area contributed by atoms with Crippen molar-refractivity contribution in [2.75, 3.05) is 0 Å². The third-order valence-electron chi connectivity index (χ3n) is 3.67. The zero-order valence-corrected chi connectivity index (χ0v) is 13.3. The standard InChI is InChI=1S/C18H18ClNO2/c1-12(2)20-13(10-14-15(19)6-5-7-16(14)20)11-22-18-9-4-3-8-17(18)21/h3-10,12,21H,11H2,1-2H3. The molecule has 0 saturated carbocycles. The maximum absolute atomic E-state index is 9.80. The number of benzene rings is 2. The Morgan fingerprint density at radius 2 is 1.91 bits per heavy atom. The first-order chi connectivity index (χ1) is 10.6. The van der Waals surface area contributed by atoms with E-state index in [0.717, 1.165) is 21.6 Å². The highest BCUT2D eigenvalue weighted by Gasteiger charge is 2.14. The Morgan fingerprint density at radius 3 is 2.64 bits per heavy atom. The summed E-state index contributed by atoms with van der Waals surface area (Å²) in [5, 5.41) is 11.6. The summed E-state index contributed by atoms with van der Waals surface area (Å²) in [6.07, 6.45) is 0. The molecule has 0 unspecified atom stereocenters. The van der Waals surface area contributed by atoms with E-state index in [1.807, 2.05) is 18.2 Å². The molecule has 0 saturated heterocycles. The van der Waals surface area contributed by atoms with Crippen molar-refractivity contribution in [3.05, 3.63) is 59.2 Å². The molecular formula is C18H18ClNO2. The van der Waals surface area contributed by atoms with Crippen LogP contribution in [0.5, 0.6) is 11.5 Å². The molecule has 1 heterocycles. The molecule has 4 heteroatoms. The summed E-state index contributed by atoms with van der Waals surface area (Å²) in [6, 6.07) is 15.2. The fraction of sp³-hybridized carbons (Fsp3) is 0.222. The van der Waals surface area contributed by atoms with Gasteiger partial charge < -0.3 is 14.4 Å². The van der Waals surface area contributed by atoms with E-state index >= 15 is 0 Å². The van der Waals surface area contributed by atoms with Crippen LogP contribution < -0.4 is 4.74 Å². The number of rotatable bonds is 4. The summed E-state index contributed by atoms with van der Waals surface area (Å²) in [5.74, 6) is 0.627. The Kier molecular flexibility index (Phi) is 3.99. The quantitative estimate of drug-likeness (QED) is 0.721. The predicted octanol–water partition coefficient (Wildman–Crippen LogP) is 5.16. The van der Waals surface area contributed by atoms with Gasteiger partial charge >= 0.3 is 0 Å². The van der Waals surface area contributed by atoms with Gasteiger partial charge in [-0.15, -0.1) is 0 Å². The fourth-order valence-electron chi connectivity index (χ4n) is 2.72. The smallest absolute Gasteiger partial charge is 0.161 e. The highest BCUT2D eigenvalue weighted by Crippen LogP contribution is 2.31. The van der Waals surface area contributed by atoms with Gasteiger partial charge in [-0.3, -0.25) is 0 Å². The molecule has 114 valence electrons. The van der Waals surface area contributed by atoms with Crippen molar-refractivity contribution in [2.45, 2.75) is 26.5 Å². The number of halogens is 1. The highest BCUT2D eigenvalue weighted by molar-refractivity contribution is 6.35. The molecule has 0 aliphatic carbocycles. The van der Waals surface area contributed by atoms with Crippen molar-refractivity contribution < 1.29 is 9.84 Å². The van der Waals surface area contributed by atoms with Crippen LogP contribution in [0.4, 0.5) is 0 Å². The third kappa shape index (κ3) is 2.64. The summed E-state index contributed by atoms with van der Waals surface area (Å²) in [6.45, 7) is 4.63. The zero-order valence-electron chi connectivity index (χ0n) is 12.6. The van der Waals surface area contributed by atoms with Gasteiger partial charge in [0.1, 0.15) is 6.61 Å². The lowest BCUT2D eigenvalue weighted by Gasteiger charge is -2.15. The molecule has 3 aromatic rings. The topological polar surface area (TPSA) is 34.4 Å². The van der Waals surface area contributed by atoms with E-state index < -0.39 is 0 Å². The first-order valence-corrected chi connectivity index (χ1v) is 7.65. The van der Waals surface area contributed by atoms with Crippen LogP contribution in [0, 0.1) is 0 Å². The lowest BCUT2D eigenvalue weighted by molar-refractivity contribution is 0.278. The predicted molar refractivity (Wildman–Crippen MR) is 89.8 cm³/mol. The van der Waals surface area contributed by atoms with Crippen molar-refractivity contribution in [1.29, 1.82) is 0 Å². The van der Waals surface area contributed by atoms with Crippen molar-refractivity contribution in [3.63, 3.8) is 0 Å². The van der Waals surface area contributed by atoms with Gasteiger partial charge in [0.15, 0.2) is 11.5 Å². The van der Waals surface area contributed by atoms with Crippen molar-refractivity contribution >= 4 is 22.5 Å². The lowest BCUT2D eigenvalue weighted by Crippen LogP contribution is -2.08. The number of phenolic OH excluding ortho intramolecular Hbond substituents is 1. The second-order valence-corrected chi connectivity index (χ2v) is 5.94. The van der Waals surface area contributed by atoms with Crippen LogP contribution in [-0.2, 0) is 6.61 Å². The van der Waals surface area contributed by atoms with E-state index in [1.54, 1.807) is 18.2 Å². The van der Waals surface area contributed by atoms with Crippen LogP contribution in [0.2, 0.25) is 5.02 Å². The van der Waals surface area contributed by atoms with Crippen LogP contribution in [0.15, 0.2) is 48.5 Å². The zero-order chi connectivity index (χ0) is 15.7. The van der Waals surface area contributed by atoms with Crippen molar-refractivity contribution in [2.24, 2.45) is 0 Å². The second kappa shape index (κ2) is 5.93. The summed E-state index contributed by atoms with van der Waals surface area (Å²) < 4.78 is 7.98. The van der Waals surface area contributed by atoms with Gasteiger partial charge in [-0.1, -0.05) is 29.8 Å². The van der Waals surface area contributed by atoms with Crippen LogP contribution in [0.25, 0.3) is 10.9 Å². The molecule has 0 bridgehead atoms. The minimum atomic E-state index is 0.146. The van der Waals surface area contributed by atoms with Gasteiger partial charge in [-0.2, -0.15) is 0 Å². The van der Waals surface area contributed by atoms with Crippen LogP contribution >= 0.6 is 11.6 Å². The summed E-state index contributed by atoms with van der Waals surface area (Å²) in [7, 11) is 0. The molecule has 0 radical (unpaired) electrons. The Balaban J connectivity index is 1.98. The molecule has 1 aromatic heterocycles. The molecule has 0 atom stereocenters. The Morgan fingerprint density at radius 1 is 1.14 bits per heavy atom. The number of ether oxygens (including phenoxy) is 1. The molecule has 3 nitrogen and oxygen atoms in total. The molecule has 0 fully saturated rings. The molecule has 22 heavy (non-hydrogen) atoms. The molecule has 0 amide bonds. The average molecular weight is 316 g/mol. The van der Waals surface area contributed by atoms with Crippen LogP contribution in [-0.4, -0.2) is 9.67 Å². The molecular weight excluding hydrogens is 298 g/mol. The first-order valence-electron chi connectivity index (χ1n) is 7.27. The van der Waals surface area contributed by atoms with Crippen LogP contribution in [0.1, 0.15) is 25.6 Å². The van der Waals surface area contributed by atoms with Crippen LogP contribution in [0.3, 0.4) is 0 Å². The van der Waals surface area contributed by atoms with Gasteiger partial charge in [-0.05, 0) is 44.2 Å². The van der Waals surface area contributed by atoms with E-state index in [0.29, 0.717) is 18.4 Å². The van der Waals surface area contributed by atoms with E-state index in [9.17, 15) is 5.11 Å². The monoisotopic (exact) mass is 315 g/mol. The van der Waals surface area contributed by atoms with E-state index in [4.69, 9.17) is 16.3 Å². The molecule has 0 aliphatic rings. The largest absolute Gasteiger partial charge is 0.504 e. The maximum Gasteiger partial charge on any atom is 0.161 e. The average Bonchev–Trinajstić information content (AvgIpc) is 2.86. The second-order valence-electron chi connectivity index (χ2n) is 5.53. The Labute approximate surface area is 134 Å². The number of phenols is 1. The molecule has 2 aromatic carbocycles. The van der Waals surface area contributed by atoms with Crippen molar-refractivity contribution in [3.8, 4) is 11.5 Å².